The SMILES string of the molecule is COc1ccc(NC(=O)N2CCn3c(-c4ccccc4)cc(C(N)=O)c3C2)cc1. The summed E-state index contributed by atoms with van der Waals surface area (Å²) in [6, 6.07) is 18.6. The fourth-order valence-corrected chi connectivity index (χ4v) is 3.61. The number of nitrogens with two attached hydrogens (primary N) is 1. The van der Waals surface area contributed by atoms with Gasteiger partial charge in [0, 0.05) is 24.5 Å². The predicted molar refractivity (Wildman–Crippen MR) is 111 cm³/mol. The third-order valence-corrected chi connectivity index (χ3v) is 5.11. The third kappa shape index (κ3) is 3.67. The van der Waals surface area contributed by atoms with E-state index in [1.165, 1.54) is 0 Å². The number of nitrogens with zero attached hydrogens (tertiary/aromatic N) is 2. The Bertz CT molecular complexity index is 1040. The smallest absolute Gasteiger partial charge is 0.322 e. The molecular weight excluding hydrogens is 368 g/mol. The van der Waals surface area contributed by atoms with Crippen molar-refractivity contribution in [1.82, 2.24) is 9.47 Å². The van der Waals surface area contributed by atoms with Crippen LogP contribution in [0.1, 0.15) is 16.1 Å². The second-order valence-electron chi connectivity index (χ2n) is 6.85. The molecule has 0 atom stereocenters. The van der Waals surface area contributed by atoms with Gasteiger partial charge in [-0.1, -0.05) is 30.3 Å². The largest absolute Gasteiger partial charge is 0.497 e. The van der Waals surface area contributed by atoms with Crippen molar-refractivity contribution in [2.75, 3.05) is 19.0 Å². The Kier molecular flexibility index (Phi) is 4.95. The molecule has 7 nitrogen and oxygen atoms in total. The number of ether oxygens (including phenoxy) is 1. The van der Waals surface area contributed by atoms with Crippen LogP contribution in [0.3, 0.4) is 0 Å². The van der Waals surface area contributed by atoms with Gasteiger partial charge in [-0.15, -0.1) is 0 Å². The van der Waals surface area contributed by atoms with Crippen LogP contribution in [-0.4, -0.2) is 35.1 Å². The summed E-state index contributed by atoms with van der Waals surface area (Å²) in [5.74, 6) is 0.228. The van der Waals surface area contributed by atoms with E-state index in [0.29, 0.717) is 30.9 Å². The highest BCUT2D eigenvalue weighted by Crippen LogP contribution is 2.29. The molecule has 1 aromatic heterocycles. The molecule has 7 heteroatoms. The van der Waals surface area contributed by atoms with Gasteiger partial charge in [-0.05, 0) is 35.9 Å². The van der Waals surface area contributed by atoms with Crippen LogP contribution >= 0.6 is 0 Å². The number of primary amides is 1. The van der Waals surface area contributed by atoms with Crippen LogP contribution in [0.15, 0.2) is 60.7 Å². The standard InChI is InChI=1S/C22H22N4O3/c1-29-17-9-7-16(8-10-17)24-22(28)25-11-12-26-19(15-5-3-2-4-6-15)13-18(21(23)27)20(26)14-25/h2-10,13H,11-12,14H2,1H3,(H2,23,27)(H,24,28). The lowest BCUT2D eigenvalue weighted by Gasteiger charge is -2.30. The summed E-state index contributed by atoms with van der Waals surface area (Å²) in [4.78, 5) is 26.5. The minimum absolute atomic E-state index is 0.223. The van der Waals surface area contributed by atoms with Crippen LogP contribution in [0.5, 0.6) is 5.75 Å². The molecule has 0 saturated heterocycles. The van der Waals surface area contributed by atoms with Crippen molar-refractivity contribution in [3.8, 4) is 17.0 Å². The molecule has 0 unspecified atom stereocenters. The van der Waals surface area contributed by atoms with E-state index in [9.17, 15) is 9.59 Å². The first kappa shape index (κ1) is 18.6. The van der Waals surface area contributed by atoms with Crippen molar-refractivity contribution in [3.05, 3.63) is 71.9 Å². The van der Waals surface area contributed by atoms with E-state index in [-0.39, 0.29) is 6.03 Å². The van der Waals surface area contributed by atoms with Gasteiger partial charge in [0.2, 0.25) is 0 Å². The van der Waals surface area contributed by atoms with E-state index in [4.69, 9.17) is 10.5 Å². The first-order chi connectivity index (χ1) is 14.1. The number of urea groups is 1. The molecule has 0 aliphatic carbocycles. The molecule has 0 fully saturated rings. The molecule has 2 heterocycles. The number of rotatable bonds is 4. The van der Waals surface area contributed by atoms with E-state index in [0.717, 1.165) is 22.7 Å². The molecule has 1 aliphatic rings. The minimum Gasteiger partial charge on any atom is -0.497 e. The minimum atomic E-state index is -0.492. The second-order valence-corrected chi connectivity index (χ2v) is 6.85. The highest BCUT2D eigenvalue weighted by molar-refractivity contribution is 5.96. The maximum atomic E-state index is 12.7. The number of anilines is 1. The molecule has 3 amide bonds. The fraction of sp³-hybridized carbons (Fsp3) is 0.182. The number of hydrogen-bond acceptors (Lipinski definition) is 3. The average molecular weight is 390 g/mol. The van der Waals surface area contributed by atoms with Crippen LogP contribution in [0.4, 0.5) is 10.5 Å². The quantitative estimate of drug-likeness (QED) is 0.716. The van der Waals surface area contributed by atoms with Gasteiger partial charge in [0.25, 0.3) is 5.91 Å². The molecule has 0 radical (unpaired) electrons. The zero-order valence-corrected chi connectivity index (χ0v) is 16.1. The lowest BCUT2D eigenvalue weighted by atomic mass is 10.1. The number of amides is 3. The molecule has 1 aliphatic heterocycles. The predicted octanol–water partition coefficient (Wildman–Crippen LogP) is 3.31. The average Bonchev–Trinajstić information content (AvgIpc) is 3.14. The maximum Gasteiger partial charge on any atom is 0.322 e. The molecule has 148 valence electrons. The monoisotopic (exact) mass is 390 g/mol. The summed E-state index contributed by atoms with van der Waals surface area (Å²) < 4.78 is 7.21. The molecule has 3 N–H and O–H groups in total. The Labute approximate surface area is 168 Å². The Hall–Kier alpha value is -3.74. The number of methoxy groups -OCH3 is 1. The van der Waals surface area contributed by atoms with E-state index in [1.54, 1.807) is 36.3 Å². The summed E-state index contributed by atoms with van der Waals surface area (Å²) in [6.45, 7) is 1.43. The Balaban J connectivity index is 1.58. The van der Waals surface area contributed by atoms with Crippen molar-refractivity contribution in [3.63, 3.8) is 0 Å². The van der Waals surface area contributed by atoms with Gasteiger partial charge in [0.1, 0.15) is 5.75 Å². The molecule has 4 rings (SSSR count). The number of fused-ring (bicyclic) bond motifs is 1. The van der Waals surface area contributed by atoms with Crippen molar-refractivity contribution < 1.29 is 14.3 Å². The van der Waals surface area contributed by atoms with Gasteiger partial charge in [-0.3, -0.25) is 4.79 Å². The lowest BCUT2D eigenvalue weighted by Crippen LogP contribution is -2.41. The van der Waals surface area contributed by atoms with Crippen molar-refractivity contribution in [1.29, 1.82) is 0 Å². The summed E-state index contributed by atoms with van der Waals surface area (Å²) in [6.07, 6.45) is 0. The summed E-state index contributed by atoms with van der Waals surface area (Å²) in [5, 5.41) is 2.89. The number of aromatic nitrogens is 1. The summed E-state index contributed by atoms with van der Waals surface area (Å²) in [7, 11) is 1.59. The Morgan fingerprint density at radius 1 is 1.03 bits per heavy atom. The van der Waals surface area contributed by atoms with E-state index < -0.39 is 5.91 Å². The van der Waals surface area contributed by atoms with Gasteiger partial charge >= 0.3 is 6.03 Å². The first-order valence-corrected chi connectivity index (χ1v) is 9.34. The number of benzene rings is 2. The van der Waals surface area contributed by atoms with Crippen LogP contribution in [0, 0.1) is 0 Å². The van der Waals surface area contributed by atoms with Crippen LogP contribution in [0.2, 0.25) is 0 Å². The third-order valence-electron chi connectivity index (χ3n) is 5.11. The number of carbonyl (C=O) groups excluding carboxylic acids is 2. The Morgan fingerprint density at radius 2 is 1.76 bits per heavy atom. The number of hydrogen-bond donors (Lipinski definition) is 2. The topological polar surface area (TPSA) is 89.6 Å². The van der Waals surface area contributed by atoms with Crippen LogP contribution < -0.4 is 15.8 Å². The molecule has 0 saturated carbocycles. The first-order valence-electron chi connectivity index (χ1n) is 9.34. The zero-order chi connectivity index (χ0) is 20.4. The van der Waals surface area contributed by atoms with E-state index >= 15 is 0 Å². The molecule has 29 heavy (non-hydrogen) atoms. The lowest BCUT2D eigenvalue weighted by molar-refractivity contribution is 0.0997. The van der Waals surface area contributed by atoms with Crippen molar-refractivity contribution in [2.24, 2.45) is 5.73 Å². The van der Waals surface area contributed by atoms with Crippen molar-refractivity contribution in [2.45, 2.75) is 13.1 Å². The van der Waals surface area contributed by atoms with Gasteiger partial charge < -0.3 is 25.3 Å². The normalized spacial score (nSPS) is 12.9. The Morgan fingerprint density at radius 3 is 2.41 bits per heavy atom. The van der Waals surface area contributed by atoms with Crippen molar-refractivity contribution >= 4 is 17.6 Å². The zero-order valence-electron chi connectivity index (χ0n) is 16.1. The van der Waals surface area contributed by atoms with Gasteiger partial charge in [-0.2, -0.15) is 0 Å². The molecule has 0 spiro atoms. The van der Waals surface area contributed by atoms with E-state index in [2.05, 4.69) is 9.88 Å². The van der Waals surface area contributed by atoms with Gasteiger partial charge in [-0.25, -0.2) is 4.79 Å². The summed E-state index contributed by atoms with van der Waals surface area (Å²) >= 11 is 0. The number of carbonyl (C=O) groups is 2. The molecular formula is C22H22N4O3. The molecule has 0 bridgehead atoms. The summed E-state index contributed by atoms with van der Waals surface area (Å²) in [5.41, 5.74) is 9.45. The van der Waals surface area contributed by atoms with Crippen LogP contribution in [-0.2, 0) is 13.1 Å². The molecule has 2 aromatic carbocycles. The number of nitrogens with one attached hydrogen (secondary N) is 1. The maximum absolute atomic E-state index is 12.7. The highest BCUT2D eigenvalue weighted by Gasteiger charge is 2.27. The fourth-order valence-electron chi connectivity index (χ4n) is 3.61. The molecule has 3 aromatic rings. The van der Waals surface area contributed by atoms with Crippen LogP contribution in [0.25, 0.3) is 11.3 Å². The van der Waals surface area contributed by atoms with Gasteiger partial charge in [0.05, 0.1) is 24.9 Å². The van der Waals surface area contributed by atoms with Gasteiger partial charge in [0.15, 0.2) is 0 Å². The van der Waals surface area contributed by atoms with E-state index in [1.807, 2.05) is 36.4 Å². The second kappa shape index (κ2) is 7.71. The highest BCUT2D eigenvalue weighted by atomic mass is 16.5.